The first-order valence-electron chi connectivity index (χ1n) is 12.5. The molecule has 2 amide bonds. The minimum Gasteiger partial charge on any atom is -0.425 e. The Morgan fingerprint density at radius 3 is 2.24 bits per heavy atom. The van der Waals surface area contributed by atoms with Gasteiger partial charge in [0.25, 0.3) is 10.1 Å². The third kappa shape index (κ3) is 7.79. The number of carbonyl (C=O) groups excluding carboxylic acids is 2. The maximum absolute atomic E-state index is 13.6. The smallest absolute Gasteiger partial charge is 0.425 e. The molecule has 1 saturated carbocycles. The highest BCUT2D eigenvalue weighted by Gasteiger charge is 2.49. The SMILES string of the molecule is N=C(N)NCCC[C@H](NC(=O)C1(C(=O)NCc2ccccc2)CCCC1)B(O)OS(=O)(=O)c1ccccc1. The number of carbonyl (C=O) groups is 2. The lowest BCUT2D eigenvalue weighted by Gasteiger charge is -2.30. The van der Waals surface area contributed by atoms with Crippen LogP contribution in [0.5, 0.6) is 0 Å². The summed E-state index contributed by atoms with van der Waals surface area (Å²) in [4.78, 5) is 26.7. The largest absolute Gasteiger partial charge is 0.494 e. The molecule has 2 aromatic rings. The van der Waals surface area contributed by atoms with E-state index in [9.17, 15) is 23.0 Å². The molecule has 13 heteroatoms. The fourth-order valence-corrected chi connectivity index (χ4v) is 5.46. The number of hydrogen-bond acceptors (Lipinski definition) is 7. The highest BCUT2D eigenvalue weighted by atomic mass is 32.2. The molecule has 0 spiro atoms. The number of hydrogen-bond donors (Lipinski definition) is 6. The second kappa shape index (κ2) is 13.4. The Morgan fingerprint density at radius 1 is 1.03 bits per heavy atom. The molecular formula is C25H34BN5O6S. The van der Waals surface area contributed by atoms with E-state index >= 15 is 0 Å². The summed E-state index contributed by atoms with van der Waals surface area (Å²) >= 11 is 0. The normalized spacial score (nSPS) is 15.3. The summed E-state index contributed by atoms with van der Waals surface area (Å²) in [6, 6.07) is 16.7. The second-order valence-electron chi connectivity index (χ2n) is 9.27. The maximum atomic E-state index is 13.6. The third-order valence-electron chi connectivity index (χ3n) is 6.55. The van der Waals surface area contributed by atoms with Crippen molar-refractivity contribution < 1.29 is 27.1 Å². The lowest BCUT2D eigenvalue weighted by atomic mass is 9.75. The van der Waals surface area contributed by atoms with Crippen molar-refractivity contribution in [3.8, 4) is 0 Å². The Bertz CT molecular complexity index is 1190. The molecule has 0 radical (unpaired) electrons. The van der Waals surface area contributed by atoms with E-state index in [4.69, 9.17) is 15.2 Å². The van der Waals surface area contributed by atoms with E-state index in [1.165, 1.54) is 24.3 Å². The van der Waals surface area contributed by atoms with Crippen molar-refractivity contribution in [2.45, 2.75) is 55.9 Å². The Kier molecular flexibility index (Phi) is 10.3. The van der Waals surface area contributed by atoms with Crippen molar-refractivity contribution >= 4 is 35.0 Å². The van der Waals surface area contributed by atoms with Gasteiger partial charge in [-0.3, -0.25) is 19.1 Å². The van der Waals surface area contributed by atoms with Gasteiger partial charge in [-0.1, -0.05) is 61.4 Å². The van der Waals surface area contributed by atoms with Gasteiger partial charge in [0, 0.05) is 13.1 Å². The van der Waals surface area contributed by atoms with Crippen molar-refractivity contribution in [3.05, 3.63) is 66.2 Å². The first kappa shape index (κ1) is 29.1. The summed E-state index contributed by atoms with van der Waals surface area (Å²) in [6.07, 6.45) is 2.44. The molecule has 2 aromatic carbocycles. The summed E-state index contributed by atoms with van der Waals surface area (Å²) in [7, 11) is -6.23. The quantitative estimate of drug-likeness (QED) is 0.0712. The molecular weight excluding hydrogens is 509 g/mol. The summed E-state index contributed by atoms with van der Waals surface area (Å²) in [5.74, 6) is -2.39. The molecule has 11 nitrogen and oxygen atoms in total. The van der Waals surface area contributed by atoms with Crippen LogP contribution < -0.4 is 21.7 Å². The fourth-order valence-electron chi connectivity index (χ4n) is 4.46. The Hall–Kier alpha value is -3.42. The van der Waals surface area contributed by atoms with Crippen LogP contribution >= 0.6 is 0 Å². The van der Waals surface area contributed by atoms with Gasteiger partial charge in [0.1, 0.15) is 5.41 Å². The van der Waals surface area contributed by atoms with Gasteiger partial charge >= 0.3 is 7.12 Å². The Labute approximate surface area is 223 Å². The van der Waals surface area contributed by atoms with Crippen LogP contribution in [0.2, 0.25) is 0 Å². The molecule has 1 aliphatic carbocycles. The first-order valence-corrected chi connectivity index (χ1v) is 13.9. The zero-order valence-corrected chi connectivity index (χ0v) is 21.9. The molecule has 1 fully saturated rings. The van der Waals surface area contributed by atoms with Gasteiger partial charge in [0.05, 0.1) is 10.8 Å². The van der Waals surface area contributed by atoms with Gasteiger partial charge in [0.2, 0.25) is 11.8 Å². The topological polar surface area (TPSA) is 184 Å². The van der Waals surface area contributed by atoms with Gasteiger partial charge in [0.15, 0.2) is 5.96 Å². The van der Waals surface area contributed by atoms with Crippen LogP contribution in [0.25, 0.3) is 0 Å². The summed E-state index contributed by atoms with van der Waals surface area (Å²) in [5, 5.41) is 26.2. The van der Waals surface area contributed by atoms with E-state index in [1.807, 2.05) is 30.3 Å². The van der Waals surface area contributed by atoms with E-state index < -0.39 is 40.4 Å². The van der Waals surface area contributed by atoms with Crippen molar-refractivity contribution in [2.24, 2.45) is 11.1 Å². The minimum atomic E-state index is -4.32. The summed E-state index contributed by atoms with van der Waals surface area (Å²) in [5.41, 5.74) is 4.85. The second-order valence-corrected chi connectivity index (χ2v) is 10.8. The average Bonchev–Trinajstić information content (AvgIpc) is 3.41. The fraction of sp³-hybridized carbons (Fsp3) is 0.400. The molecule has 0 aromatic heterocycles. The van der Waals surface area contributed by atoms with Crippen LogP contribution in [-0.2, 0) is 30.4 Å². The van der Waals surface area contributed by atoms with Crippen LogP contribution in [0.4, 0.5) is 0 Å². The van der Waals surface area contributed by atoms with Crippen molar-refractivity contribution in [1.29, 1.82) is 5.41 Å². The number of rotatable bonds is 13. The summed E-state index contributed by atoms with van der Waals surface area (Å²) in [6.45, 7) is 0.512. The van der Waals surface area contributed by atoms with Gasteiger partial charge in [-0.2, -0.15) is 8.42 Å². The van der Waals surface area contributed by atoms with E-state index in [2.05, 4.69) is 16.0 Å². The number of guanidine groups is 1. The molecule has 3 rings (SSSR count). The summed E-state index contributed by atoms with van der Waals surface area (Å²) < 4.78 is 30.4. The van der Waals surface area contributed by atoms with Gasteiger partial charge in [-0.15, -0.1) is 0 Å². The number of amides is 2. The van der Waals surface area contributed by atoms with E-state index in [0.29, 0.717) is 32.1 Å². The van der Waals surface area contributed by atoms with Gasteiger partial charge in [-0.05, 0) is 43.4 Å². The zero-order valence-electron chi connectivity index (χ0n) is 21.1. The molecule has 0 heterocycles. The van der Waals surface area contributed by atoms with Crippen LogP contribution in [0.1, 0.15) is 44.1 Å². The van der Waals surface area contributed by atoms with Gasteiger partial charge < -0.3 is 26.7 Å². The first-order chi connectivity index (χ1) is 18.1. The molecule has 0 saturated heterocycles. The number of benzene rings is 2. The molecule has 0 aliphatic heterocycles. The van der Waals surface area contributed by atoms with Gasteiger partial charge in [-0.25, -0.2) is 0 Å². The highest BCUT2D eigenvalue weighted by molar-refractivity contribution is 7.87. The number of nitrogens with two attached hydrogens (primary N) is 1. The van der Waals surface area contributed by atoms with E-state index in [0.717, 1.165) is 5.56 Å². The lowest BCUT2D eigenvalue weighted by molar-refractivity contribution is -0.143. The highest BCUT2D eigenvalue weighted by Crippen LogP contribution is 2.39. The molecule has 7 N–H and O–H groups in total. The van der Waals surface area contributed by atoms with Crippen LogP contribution in [0, 0.1) is 10.8 Å². The van der Waals surface area contributed by atoms with Crippen molar-refractivity contribution in [3.63, 3.8) is 0 Å². The predicted molar refractivity (Wildman–Crippen MR) is 143 cm³/mol. The molecule has 1 aliphatic rings. The molecule has 0 unspecified atom stereocenters. The standard InChI is InChI=1S/C25H34BN5O6S/c27-24(28)29-17-9-14-21(26(34)37-38(35,36)20-12-5-2-6-13-20)31-23(33)25(15-7-8-16-25)22(32)30-18-19-10-3-1-4-11-19/h1-6,10-13,21,34H,7-9,14-18H2,(H,30,32)(H,31,33)(H4,27,28,29)/t21-/m0/s1. The molecule has 38 heavy (non-hydrogen) atoms. The molecule has 204 valence electrons. The zero-order chi connectivity index (χ0) is 27.6. The van der Waals surface area contributed by atoms with Crippen LogP contribution in [0.3, 0.4) is 0 Å². The van der Waals surface area contributed by atoms with E-state index in [1.54, 1.807) is 6.07 Å². The maximum Gasteiger partial charge on any atom is 0.494 e. The average molecular weight is 543 g/mol. The monoisotopic (exact) mass is 543 g/mol. The minimum absolute atomic E-state index is 0.0964. The predicted octanol–water partition coefficient (Wildman–Crippen LogP) is 1.04. The third-order valence-corrected chi connectivity index (χ3v) is 7.85. The molecule has 1 atom stereocenters. The Balaban J connectivity index is 1.74. The number of nitrogens with one attached hydrogen (secondary N) is 4. The lowest BCUT2D eigenvalue weighted by Crippen LogP contribution is -2.56. The Morgan fingerprint density at radius 2 is 1.63 bits per heavy atom. The van der Waals surface area contributed by atoms with Crippen LogP contribution in [0.15, 0.2) is 65.6 Å². The van der Waals surface area contributed by atoms with Crippen LogP contribution in [-0.4, -0.2) is 50.8 Å². The van der Waals surface area contributed by atoms with Crippen molar-refractivity contribution in [2.75, 3.05) is 6.54 Å². The van der Waals surface area contributed by atoms with E-state index in [-0.39, 0.29) is 30.4 Å². The van der Waals surface area contributed by atoms with Crippen molar-refractivity contribution in [1.82, 2.24) is 16.0 Å². The molecule has 0 bridgehead atoms.